The van der Waals surface area contributed by atoms with E-state index in [0.29, 0.717) is 17.9 Å². The molecule has 0 spiro atoms. The van der Waals surface area contributed by atoms with E-state index < -0.39 is 35.3 Å². The fourth-order valence-electron chi connectivity index (χ4n) is 3.21. The van der Waals surface area contributed by atoms with Crippen molar-refractivity contribution < 1.29 is 31.9 Å². The first kappa shape index (κ1) is 21.7. The van der Waals surface area contributed by atoms with Crippen LogP contribution in [0.2, 0.25) is 0 Å². The van der Waals surface area contributed by atoms with E-state index in [-0.39, 0.29) is 36.3 Å². The third-order valence-electron chi connectivity index (χ3n) is 5.14. The summed E-state index contributed by atoms with van der Waals surface area (Å²) in [6.07, 6.45) is -4.95. The van der Waals surface area contributed by atoms with Crippen molar-refractivity contribution in [2.45, 2.75) is 56.1 Å². The number of nitrogens with one attached hydrogen (secondary N) is 1. The van der Waals surface area contributed by atoms with Crippen LogP contribution in [0.15, 0.2) is 12.3 Å². The van der Waals surface area contributed by atoms with Crippen molar-refractivity contribution in [2.75, 3.05) is 11.5 Å². The van der Waals surface area contributed by atoms with Gasteiger partial charge in [0.05, 0.1) is 12.0 Å². The first-order valence-corrected chi connectivity index (χ1v) is 10.2. The second-order valence-corrected chi connectivity index (χ2v) is 8.54. The van der Waals surface area contributed by atoms with Crippen molar-refractivity contribution in [1.29, 1.82) is 0 Å². The highest BCUT2D eigenvalue weighted by molar-refractivity contribution is 8.00. The first-order valence-electron chi connectivity index (χ1n) is 9.06. The average Bonchev–Trinajstić information content (AvgIpc) is 2.56. The minimum absolute atomic E-state index is 0.0636. The number of aromatic nitrogens is 1. The number of hydrogen-bond acceptors (Lipinski definition) is 5. The number of ether oxygens (including phenoxy) is 1. The zero-order valence-corrected chi connectivity index (χ0v) is 16.5. The molecule has 11 heteroatoms. The maximum absolute atomic E-state index is 14.9. The predicted molar refractivity (Wildman–Crippen MR) is 98.4 cm³/mol. The van der Waals surface area contributed by atoms with Gasteiger partial charge in [-0.15, -0.1) is 0 Å². The summed E-state index contributed by atoms with van der Waals surface area (Å²) in [5.74, 6) is -0.682. The fraction of sp³-hybridized carbons (Fsp3) is 0.611. The molecule has 0 unspecified atom stereocenters. The van der Waals surface area contributed by atoms with Crippen molar-refractivity contribution in [2.24, 2.45) is 5.73 Å². The maximum atomic E-state index is 14.9. The number of nitrogens with two attached hydrogens (primary N) is 1. The molecule has 2 aliphatic rings. The normalized spacial score (nSPS) is 20.7. The number of rotatable bonds is 7. The van der Waals surface area contributed by atoms with Crippen LogP contribution in [0.3, 0.4) is 0 Å². The largest absolute Gasteiger partial charge is 0.481 e. The van der Waals surface area contributed by atoms with Gasteiger partial charge in [-0.2, -0.15) is 24.9 Å². The van der Waals surface area contributed by atoms with Crippen LogP contribution in [0.5, 0.6) is 5.75 Å². The Morgan fingerprint density at radius 3 is 2.48 bits per heavy atom. The quantitative estimate of drug-likeness (QED) is 0.643. The number of nitrogens with zero attached hydrogens (tertiary/aromatic N) is 1. The van der Waals surface area contributed by atoms with Crippen LogP contribution in [0.25, 0.3) is 0 Å². The standard InChI is InChI=1S/C18H21F4N3O3S/c1-10(18(20,21)22)28-13-5-12(24-7-11(13)17(19)3-2-4-17)15(27)25-16(6-14(23)26)8-29-9-16/h5,7,10H,2-4,6,8-9H2,1H3,(H2,23,26)(H,25,27)/t10-/m0/s1. The molecule has 1 aliphatic carbocycles. The third kappa shape index (κ3) is 4.59. The van der Waals surface area contributed by atoms with E-state index >= 15 is 0 Å². The number of thioether (sulfide) groups is 1. The second kappa shape index (κ2) is 7.66. The summed E-state index contributed by atoms with van der Waals surface area (Å²) in [6, 6.07) is 1.02. The van der Waals surface area contributed by atoms with Gasteiger partial charge in [-0.25, -0.2) is 4.39 Å². The molecule has 6 nitrogen and oxygen atoms in total. The number of hydrogen-bond donors (Lipinski definition) is 2. The Labute approximate surface area is 168 Å². The van der Waals surface area contributed by atoms with Gasteiger partial charge >= 0.3 is 6.18 Å². The van der Waals surface area contributed by atoms with E-state index in [9.17, 15) is 27.2 Å². The van der Waals surface area contributed by atoms with Gasteiger partial charge < -0.3 is 15.8 Å². The molecule has 3 rings (SSSR count). The molecular formula is C18H21F4N3O3S. The Morgan fingerprint density at radius 1 is 1.38 bits per heavy atom. The summed E-state index contributed by atoms with van der Waals surface area (Å²) in [5, 5.41) is 2.68. The van der Waals surface area contributed by atoms with Crippen LogP contribution in [0, 0.1) is 0 Å². The molecule has 0 radical (unpaired) electrons. The molecule has 160 valence electrons. The van der Waals surface area contributed by atoms with Gasteiger partial charge in [0.15, 0.2) is 6.10 Å². The number of primary amides is 1. The SMILES string of the molecule is C[C@H](Oc1cc(C(=O)NC2(CC(N)=O)CSC2)ncc1C1(F)CCC1)C(F)(F)F. The number of halogens is 4. The van der Waals surface area contributed by atoms with E-state index in [1.54, 1.807) is 0 Å². The summed E-state index contributed by atoms with van der Waals surface area (Å²) in [6.45, 7) is 0.809. The molecule has 1 atom stereocenters. The van der Waals surface area contributed by atoms with E-state index in [1.807, 2.05) is 0 Å². The van der Waals surface area contributed by atoms with E-state index in [2.05, 4.69) is 10.3 Å². The Kier molecular flexibility index (Phi) is 5.72. The van der Waals surface area contributed by atoms with Gasteiger partial charge in [-0.3, -0.25) is 14.6 Å². The van der Waals surface area contributed by atoms with Crippen molar-refractivity contribution in [1.82, 2.24) is 10.3 Å². The molecule has 1 aromatic heterocycles. The average molecular weight is 435 g/mol. The Morgan fingerprint density at radius 2 is 2.03 bits per heavy atom. The third-order valence-corrected chi connectivity index (χ3v) is 6.65. The maximum Gasteiger partial charge on any atom is 0.425 e. The molecule has 29 heavy (non-hydrogen) atoms. The van der Waals surface area contributed by atoms with Gasteiger partial charge in [0.25, 0.3) is 5.91 Å². The lowest BCUT2D eigenvalue weighted by atomic mass is 9.77. The Hall–Kier alpha value is -2.04. The molecule has 2 amide bonds. The predicted octanol–water partition coefficient (Wildman–Crippen LogP) is 2.85. The monoisotopic (exact) mass is 435 g/mol. The highest BCUT2D eigenvalue weighted by Gasteiger charge is 2.45. The van der Waals surface area contributed by atoms with Crippen molar-refractivity contribution in [3.05, 3.63) is 23.5 Å². The lowest BCUT2D eigenvalue weighted by Gasteiger charge is -2.41. The van der Waals surface area contributed by atoms with Gasteiger partial charge in [0, 0.05) is 29.3 Å². The Balaban J connectivity index is 1.87. The van der Waals surface area contributed by atoms with Gasteiger partial charge in [-0.1, -0.05) is 0 Å². The minimum atomic E-state index is -4.65. The van der Waals surface area contributed by atoms with Gasteiger partial charge in [0.2, 0.25) is 5.91 Å². The topological polar surface area (TPSA) is 94.3 Å². The van der Waals surface area contributed by atoms with Crippen molar-refractivity contribution in [3.8, 4) is 5.75 Å². The molecule has 1 aromatic rings. The van der Waals surface area contributed by atoms with Crippen LogP contribution < -0.4 is 15.8 Å². The number of pyridine rings is 1. The summed E-state index contributed by atoms with van der Waals surface area (Å²) >= 11 is 1.51. The summed E-state index contributed by atoms with van der Waals surface area (Å²) in [4.78, 5) is 27.8. The first-order chi connectivity index (χ1) is 13.4. The molecule has 2 heterocycles. The number of alkyl halides is 4. The highest BCUT2D eigenvalue weighted by atomic mass is 32.2. The number of carbonyl (C=O) groups is 2. The molecule has 1 aliphatic heterocycles. The van der Waals surface area contributed by atoms with Crippen LogP contribution in [0.1, 0.15) is 48.7 Å². The minimum Gasteiger partial charge on any atom is -0.481 e. The zero-order valence-electron chi connectivity index (χ0n) is 15.6. The van der Waals surface area contributed by atoms with Gasteiger partial charge in [-0.05, 0) is 26.2 Å². The van der Waals surface area contributed by atoms with Crippen molar-refractivity contribution >= 4 is 23.6 Å². The highest BCUT2D eigenvalue weighted by Crippen LogP contribution is 2.48. The molecular weight excluding hydrogens is 414 g/mol. The van der Waals surface area contributed by atoms with Crippen molar-refractivity contribution in [3.63, 3.8) is 0 Å². The van der Waals surface area contributed by atoms with Crippen LogP contribution >= 0.6 is 11.8 Å². The number of amides is 2. The van der Waals surface area contributed by atoms with Crippen LogP contribution in [-0.2, 0) is 10.5 Å². The molecule has 0 aromatic carbocycles. The lowest BCUT2D eigenvalue weighted by molar-refractivity contribution is -0.189. The zero-order chi connectivity index (χ0) is 21.4. The van der Waals surface area contributed by atoms with Crippen LogP contribution in [0.4, 0.5) is 17.6 Å². The second-order valence-electron chi connectivity index (χ2n) is 7.56. The lowest BCUT2D eigenvalue weighted by Crippen LogP contribution is -2.59. The number of carbonyl (C=O) groups excluding carboxylic acids is 2. The molecule has 1 saturated carbocycles. The van der Waals surface area contributed by atoms with Crippen LogP contribution in [-0.4, -0.2) is 46.1 Å². The smallest absolute Gasteiger partial charge is 0.425 e. The van der Waals surface area contributed by atoms with Gasteiger partial charge in [0.1, 0.15) is 17.1 Å². The van der Waals surface area contributed by atoms with E-state index in [1.165, 1.54) is 11.8 Å². The van der Waals surface area contributed by atoms with E-state index in [0.717, 1.165) is 19.2 Å². The van der Waals surface area contributed by atoms with E-state index in [4.69, 9.17) is 10.5 Å². The summed E-state index contributed by atoms with van der Waals surface area (Å²) < 4.78 is 58.8. The fourth-order valence-corrected chi connectivity index (χ4v) is 4.26. The summed E-state index contributed by atoms with van der Waals surface area (Å²) in [7, 11) is 0. The Bertz CT molecular complexity index is 810. The molecule has 1 saturated heterocycles. The molecule has 2 fully saturated rings. The summed E-state index contributed by atoms with van der Waals surface area (Å²) in [5.41, 5.74) is 2.28. The molecule has 3 N–H and O–H groups in total. The molecule has 0 bridgehead atoms.